The number of hydrogen-bond acceptors (Lipinski definition) is 7. The van der Waals surface area contributed by atoms with Gasteiger partial charge in [-0.15, -0.1) is 24.8 Å². The molecule has 1 aliphatic heterocycles. The number of ether oxygens (including phenoxy) is 2. The van der Waals surface area contributed by atoms with Gasteiger partial charge in [-0.1, -0.05) is 11.2 Å². The van der Waals surface area contributed by atoms with Crippen LogP contribution in [0.1, 0.15) is 48.9 Å². The molecule has 9 heteroatoms. The topological polar surface area (TPSA) is 63.9 Å². The van der Waals surface area contributed by atoms with E-state index in [9.17, 15) is 0 Å². The van der Waals surface area contributed by atoms with Gasteiger partial charge in [0.2, 0.25) is 5.88 Å². The molecule has 0 bridgehead atoms. The van der Waals surface area contributed by atoms with E-state index in [-0.39, 0.29) is 24.8 Å². The van der Waals surface area contributed by atoms with Gasteiger partial charge >= 0.3 is 0 Å². The van der Waals surface area contributed by atoms with Gasteiger partial charge in [0.1, 0.15) is 5.75 Å². The monoisotopic (exact) mass is 550 g/mol. The smallest absolute Gasteiger partial charge is 0.212 e. The van der Waals surface area contributed by atoms with E-state index >= 15 is 0 Å². The minimum absolute atomic E-state index is 0. The van der Waals surface area contributed by atoms with Crippen LogP contribution in [0, 0.1) is 11.8 Å². The zero-order chi connectivity index (χ0) is 24.2. The first kappa shape index (κ1) is 29.5. The van der Waals surface area contributed by atoms with Crippen LogP contribution in [0.5, 0.6) is 11.6 Å². The van der Waals surface area contributed by atoms with Crippen LogP contribution in [0.3, 0.4) is 0 Å². The summed E-state index contributed by atoms with van der Waals surface area (Å²) in [5.74, 6) is 3.07. The molecule has 204 valence electrons. The van der Waals surface area contributed by atoms with Crippen LogP contribution in [0.15, 0.2) is 35.0 Å². The standard InChI is InChI=1S/C28H38N4O3.2ClH/c1-31(2)18-24-26(34-19-21-4-5-21)10-8-23-25(30-35-28(23)24)9-6-20-12-14-32(15-13-20)17-22-7-11-27(33-3)29-16-22;;/h7-8,10-11,16,20-21H,4-6,9,12-15,17-19H2,1-3H3;2*1H. The molecule has 0 atom stereocenters. The van der Waals surface area contributed by atoms with Crippen molar-refractivity contribution in [3.05, 3.63) is 47.3 Å². The predicted octanol–water partition coefficient (Wildman–Crippen LogP) is 5.77. The van der Waals surface area contributed by atoms with Crippen LogP contribution in [0.25, 0.3) is 11.0 Å². The highest BCUT2D eigenvalue weighted by atomic mass is 35.5. The number of halogens is 2. The van der Waals surface area contributed by atoms with Gasteiger partial charge in [0.25, 0.3) is 0 Å². The lowest BCUT2D eigenvalue weighted by Gasteiger charge is -2.31. The van der Waals surface area contributed by atoms with Gasteiger partial charge in [-0.25, -0.2) is 4.98 Å². The number of aromatic nitrogens is 2. The molecule has 3 aromatic rings. The van der Waals surface area contributed by atoms with Crippen molar-refractivity contribution in [2.45, 2.75) is 51.6 Å². The summed E-state index contributed by atoms with van der Waals surface area (Å²) < 4.78 is 17.2. The van der Waals surface area contributed by atoms with E-state index in [0.717, 1.165) is 85.4 Å². The largest absolute Gasteiger partial charge is 0.493 e. The summed E-state index contributed by atoms with van der Waals surface area (Å²) >= 11 is 0. The number of benzene rings is 1. The van der Waals surface area contributed by atoms with Crippen molar-refractivity contribution in [3.63, 3.8) is 0 Å². The molecule has 2 fully saturated rings. The second-order valence-corrected chi connectivity index (χ2v) is 10.5. The van der Waals surface area contributed by atoms with Crippen LogP contribution in [-0.2, 0) is 19.5 Å². The molecule has 37 heavy (non-hydrogen) atoms. The fourth-order valence-corrected chi connectivity index (χ4v) is 5.02. The highest BCUT2D eigenvalue weighted by Crippen LogP contribution is 2.35. The molecule has 2 aromatic heterocycles. The molecule has 1 saturated heterocycles. The molecule has 7 nitrogen and oxygen atoms in total. The Morgan fingerprint density at radius 1 is 1.03 bits per heavy atom. The molecule has 3 heterocycles. The summed E-state index contributed by atoms with van der Waals surface area (Å²) in [6.45, 7) is 4.81. The van der Waals surface area contributed by atoms with Crippen LogP contribution in [-0.4, -0.2) is 60.8 Å². The molecule has 1 aromatic carbocycles. The molecular formula is C28H40Cl2N4O3. The van der Waals surface area contributed by atoms with E-state index in [1.54, 1.807) is 7.11 Å². The van der Waals surface area contributed by atoms with E-state index in [4.69, 9.17) is 14.0 Å². The van der Waals surface area contributed by atoms with Crippen molar-refractivity contribution < 1.29 is 14.0 Å². The maximum Gasteiger partial charge on any atom is 0.212 e. The quantitative estimate of drug-likeness (QED) is 0.300. The molecule has 2 aliphatic rings. The highest BCUT2D eigenvalue weighted by molar-refractivity contribution is 5.86. The minimum Gasteiger partial charge on any atom is -0.493 e. The van der Waals surface area contributed by atoms with Gasteiger partial charge in [-0.2, -0.15) is 0 Å². The van der Waals surface area contributed by atoms with Crippen LogP contribution >= 0.6 is 24.8 Å². The highest BCUT2D eigenvalue weighted by Gasteiger charge is 2.24. The summed E-state index contributed by atoms with van der Waals surface area (Å²) in [6, 6.07) is 8.32. The Labute approximate surface area is 232 Å². The Kier molecular flexibility index (Phi) is 10.9. The number of pyridine rings is 1. The fraction of sp³-hybridized carbons (Fsp3) is 0.571. The Morgan fingerprint density at radius 3 is 2.46 bits per heavy atom. The Morgan fingerprint density at radius 2 is 1.81 bits per heavy atom. The third kappa shape index (κ3) is 7.73. The second-order valence-electron chi connectivity index (χ2n) is 10.5. The molecule has 0 unspecified atom stereocenters. The molecular weight excluding hydrogens is 511 g/mol. The van der Waals surface area contributed by atoms with Gasteiger partial charge < -0.3 is 18.9 Å². The number of hydrogen-bond donors (Lipinski definition) is 0. The lowest BCUT2D eigenvalue weighted by Crippen LogP contribution is -2.33. The summed E-state index contributed by atoms with van der Waals surface area (Å²) in [5, 5.41) is 5.65. The molecule has 1 saturated carbocycles. The van der Waals surface area contributed by atoms with Crippen molar-refractivity contribution >= 4 is 35.8 Å². The van der Waals surface area contributed by atoms with Crippen molar-refractivity contribution in [1.29, 1.82) is 0 Å². The Hall–Kier alpha value is -2.06. The zero-order valence-corrected chi connectivity index (χ0v) is 23.8. The second kappa shape index (κ2) is 13.7. The number of nitrogens with zero attached hydrogens (tertiary/aromatic N) is 4. The summed E-state index contributed by atoms with van der Waals surface area (Å²) in [7, 11) is 5.82. The van der Waals surface area contributed by atoms with Crippen LogP contribution in [0.2, 0.25) is 0 Å². The first-order valence-electron chi connectivity index (χ1n) is 13.0. The van der Waals surface area contributed by atoms with Crippen molar-refractivity contribution in [2.24, 2.45) is 11.8 Å². The van der Waals surface area contributed by atoms with Crippen molar-refractivity contribution in [3.8, 4) is 11.6 Å². The van der Waals surface area contributed by atoms with E-state index in [2.05, 4.69) is 52.2 Å². The van der Waals surface area contributed by atoms with Crippen molar-refractivity contribution in [2.75, 3.05) is 40.9 Å². The number of rotatable bonds is 11. The average molecular weight is 552 g/mol. The van der Waals surface area contributed by atoms with Gasteiger partial charge in [-0.05, 0) is 95.2 Å². The lowest BCUT2D eigenvalue weighted by molar-refractivity contribution is 0.172. The summed E-state index contributed by atoms with van der Waals surface area (Å²) in [5.41, 5.74) is 4.34. The number of fused-ring (bicyclic) bond motifs is 1. The number of piperidine rings is 1. The number of methoxy groups -OCH3 is 1. The Bertz CT molecular complexity index is 1110. The number of likely N-dealkylation sites (tertiary alicyclic amines) is 1. The van der Waals surface area contributed by atoms with E-state index in [0.29, 0.717) is 5.88 Å². The summed E-state index contributed by atoms with van der Waals surface area (Å²) in [4.78, 5) is 9.03. The van der Waals surface area contributed by atoms with Gasteiger partial charge in [0.05, 0.1) is 25.0 Å². The van der Waals surface area contributed by atoms with Gasteiger partial charge in [0, 0.05) is 30.7 Å². The van der Waals surface area contributed by atoms with Crippen LogP contribution in [0.4, 0.5) is 0 Å². The first-order chi connectivity index (χ1) is 17.1. The zero-order valence-electron chi connectivity index (χ0n) is 22.1. The van der Waals surface area contributed by atoms with E-state index < -0.39 is 0 Å². The van der Waals surface area contributed by atoms with E-state index in [1.807, 2.05) is 12.3 Å². The number of aryl methyl sites for hydroxylation is 1. The normalized spacial score (nSPS) is 16.4. The maximum absolute atomic E-state index is 6.17. The third-order valence-electron chi connectivity index (χ3n) is 7.33. The molecule has 0 spiro atoms. The van der Waals surface area contributed by atoms with Crippen LogP contribution < -0.4 is 9.47 Å². The predicted molar refractivity (Wildman–Crippen MR) is 151 cm³/mol. The minimum atomic E-state index is 0. The fourth-order valence-electron chi connectivity index (χ4n) is 5.02. The molecule has 0 N–H and O–H groups in total. The first-order valence-corrected chi connectivity index (χ1v) is 13.0. The average Bonchev–Trinajstić information content (AvgIpc) is 3.61. The lowest BCUT2D eigenvalue weighted by atomic mass is 9.91. The molecule has 0 radical (unpaired) electrons. The van der Waals surface area contributed by atoms with Crippen molar-refractivity contribution in [1.82, 2.24) is 19.9 Å². The molecule has 1 aliphatic carbocycles. The van der Waals surface area contributed by atoms with Gasteiger partial charge in [-0.3, -0.25) is 4.90 Å². The SMILES string of the molecule is COc1ccc(CN2CCC(CCc3noc4c(CN(C)C)c(OCC5CC5)ccc34)CC2)cn1.Cl.Cl. The van der Waals surface area contributed by atoms with Gasteiger partial charge in [0.15, 0.2) is 5.58 Å². The molecule has 0 amide bonds. The third-order valence-corrected chi connectivity index (χ3v) is 7.33. The Balaban J connectivity index is 0.00000190. The summed E-state index contributed by atoms with van der Waals surface area (Å²) in [6.07, 6.45) is 9.07. The maximum atomic E-state index is 6.17. The molecule has 5 rings (SSSR count). The van der Waals surface area contributed by atoms with E-state index in [1.165, 1.54) is 31.2 Å².